The predicted octanol–water partition coefficient (Wildman–Crippen LogP) is 15.7. The maximum Gasteiger partial charge on any atom is 0.164 e. The molecule has 14 aromatic rings. The van der Waals surface area contributed by atoms with E-state index < -0.39 is 0 Å². The van der Waals surface area contributed by atoms with Gasteiger partial charge >= 0.3 is 0 Å². The maximum absolute atomic E-state index is 5.29. The van der Waals surface area contributed by atoms with Crippen molar-refractivity contribution in [2.45, 2.75) is 0 Å². The smallest absolute Gasteiger partial charge is 0.164 e. The highest BCUT2D eigenvalue weighted by atomic mass is 15.0. The third-order valence-electron chi connectivity index (χ3n) is 13.5. The summed E-state index contributed by atoms with van der Waals surface area (Å²) in [4.78, 5) is 15.8. The van der Waals surface area contributed by atoms with Gasteiger partial charge in [0.15, 0.2) is 17.5 Å². The van der Waals surface area contributed by atoms with E-state index in [-0.39, 0.29) is 0 Å². The van der Waals surface area contributed by atoms with Gasteiger partial charge in [0.1, 0.15) is 0 Å². The minimum Gasteiger partial charge on any atom is -0.309 e. The molecule has 66 heavy (non-hydrogen) atoms. The van der Waals surface area contributed by atoms with Gasteiger partial charge in [0.2, 0.25) is 0 Å². The number of benzene rings is 11. The lowest BCUT2D eigenvalue weighted by molar-refractivity contribution is 1.08. The average molecular weight is 840 g/mol. The molecule has 0 atom stereocenters. The molecule has 3 aromatic heterocycles. The molecule has 3 heterocycles. The molecule has 0 bridgehead atoms. The van der Waals surface area contributed by atoms with Crippen LogP contribution in [0.25, 0.3) is 132 Å². The highest BCUT2D eigenvalue weighted by Crippen LogP contribution is 2.43. The standard InChI is InChI=1S/C61H37N5/c1-2-19-45(20-3-1)65-55-32-30-40-16-8-9-21-46(40)58(55)52-36-51-49-24-12-13-25-53(49)66(56(51)37-57(52)65)54-33-31-50(47-22-10-11-23-48(47)54)61-63-59(43-28-26-38-14-4-6-17-41(38)34-43)62-60(64-61)44-29-27-39-15-5-7-18-42(39)35-44/h1-37H. The molecule has 11 aromatic carbocycles. The molecular formula is C61H37N5. The lowest BCUT2D eigenvalue weighted by Gasteiger charge is -2.15. The Kier molecular flexibility index (Phi) is 7.91. The summed E-state index contributed by atoms with van der Waals surface area (Å²) in [5, 5.41) is 14.2. The van der Waals surface area contributed by atoms with Crippen molar-refractivity contribution in [3.8, 4) is 45.5 Å². The van der Waals surface area contributed by atoms with Crippen molar-refractivity contribution >= 4 is 86.7 Å². The molecule has 0 radical (unpaired) electrons. The van der Waals surface area contributed by atoms with Crippen LogP contribution in [0.15, 0.2) is 224 Å². The third kappa shape index (κ3) is 5.57. The Morgan fingerprint density at radius 2 is 0.818 bits per heavy atom. The number of rotatable bonds is 5. The zero-order chi connectivity index (χ0) is 43.3. The molecule has 306 valence electrons. The summed E-state index contributed by atoms with van der Waals surface area (Å²) < 4.78 is 4.89. The van der Waals surface area contributed by atoms with E-state index >= 15 is 0 Å². The van der Waals surface area contributed by atoms with Gasteiger partial charge in [-0.15, -0.1) is 0 Å². The van der Waals surface area contributed by atoms with Gasteiger partial charge in [0.05, 0.1) is 27.8 Å². The first-order valence-corrected chi connectivity index (χ1v) is 22.4. The summed E-state index contributed by atoms with van der Waals surface area (Å²) in [7, 11) is 0. The summed E-state index contributed by atoms with van der Waals surface area (Å²) in [6.45, 7) is 0. The number of para-hydroxylation sites is 2. The topological polar surface area (TPSA) is 48.5 Å². The maximum atomic E-state index is 5.29. The lowest BCUT2D eigenvalue weighted by atomic mass is 10.0. The van der Waals surface area contributed by atoms with Crippen LogP contribution in [-0.2, 0) is 0 Å². The van der Waals surface area contributed by atoms with Crippen LogP contribution in [0.4, 0.5) is 0 Å². The molecular weight excluding hydrogens is 803 g/mol. The number of hydrogen-bond acceptors (Lipinski definition) is 3. The molecule has 5 nitrogen and oxygen atoms in total. The van der Waals surface area contributed by atoms with Crippen LogP contribution in [0.1, 0.15) is 0 Å². The fourth-order valence-corrected chi connectivity index (χ4v) is 10.4. The minimum atomic E-state index is 0.627. The second kappa shape index (κ2) is 14.3. The summed E-state index contributed by atoms with van der Waals surface area (Å²) in [5.41, 5.74) is 9.70. The average Bonchev–Trinajstić information content (AvgIpc) is 3.89. The Bertz CT molecular complexity index is 4200. The van der Waals surface area contributed by atoms with Crippen LogP contribution in [0.3, 0.4) is 0 Å². The fraction of sp³-hybridized carbons (Fsp3) is 0. The van der Waals surface area contributed by atoms with Crippen LogP contribution in [-0.4, -0.2) is 24.1 Å². The van der Waals surface area contributed by atoms with Crippen LogP contribution in [0, 0.1) is 0 Å². The SMILES string of the molecule is c1ccc(-n2c3cc4c(cc3c3c5ccccc5ccc32)c2ccccc2n4-c2ccc(-c3nc(-c4ccc5ccccc5c4)nc(-c4ccc5ccccc5c4)n3)c3ccccc23)cc1. The molecule has 0 saturated heterocycles. The molecule has 0 aliphatic heterocycles. The van der Waals surface area contributed by atoms with Crippen molar-refractivity contribution in [1.29, 1.82) is 0 Å². The van der Waals surface area contributed by atoms with Crippen molar-refractivity contribution in [2.24, 2.45) is 0 Å². The Balaban J connectivity index is 1.02. The fourth-order valence-electron chi connectivity index (χ4n) is 10.4. The molecule has 0 fully saturated rings. The first-order valence-electron chi connectivity index (χ1n) is 22.4. The molecule has 0 N–H and O–H groups in total. The number of hydrogen-bond donors (Lipinski definition) is 0. The number of nitrogens with zero attached hydrogens (tertiary/aromatic N) is 5. The summed E-state index contributed by atoms with van der Waals surface area (Å²) in [5.74, 6) is 1.90. The highest BCUT2D eigenvalue weighted by Gasteiger charge is 2.22. The van der Waals surface area contributed by atoms with E-state index in [0.717, 1.165) is 66.2 Å². The van der Waals surface area contributed by atoms with E-state index in [1.165, 1.54) is 48.6 Å². The Morgan fingerprint density at radius 1 is 0.273 bits per heavy atom. The van der Waals surface area contributed by atoms with Gasteiger partial charge < -0.3 is 9.13 Å². The summed E-state index contributed by atoms with van der Waals surface area (Å²) >= 11 is 0. The monoisotopic (exact) mass is 839 g/mol. The van der Waals surface area contributed by atoms with Gasteiger partial charge in [0.25, 0.3) is 0 Å². The van der Waals surface area contributed by atoms with E-state index in [4.69, 9.17) is 15.0 Å². The van der Waals surface area contributed by atoms with E-state index in [1.54, 1.807) is 0 Å². The van der Waals surface area contributed by atoms with Gasteiger partial charge in [-0.05, 0) is 98.4 Å². The van der Waals surface area contributed by atoms with Crippen molar-refractivity contribution in [1.82, 2.24) is 24.1 Å². The summed E-state index contributed by atoms with van der Waals surface area (Å²) in [6, 6.07) is 80.5. The molecule has 0 amide bonds. The molecule has 0 spiro atoms. The van der Waals surface area contributed by atoms with Crippen LogP contribution < -0.4 is 0 Å². The molecule has 0 aliphatic carbocycles. The molecule has 5 heteroatoms. The van der Waals surface area contributed by atoms with Gasteiger partial charge in [-0.25, -0.2) is 15.0 Å². The lowest BCUT2D eigenvalue weighted by Crippen LogP contribution is -2.02. The largest absolute Gasteiger partial charge is 0.309 e. The van der Waals surface area contributed by atoms with Crippen molar-refractivity contribution in [3.05, 3.63) is 224 Å². The third-order valence-corrected chi connectivity index (χ3v) is 13.5. The van der Waals surface area contributed by atoms with Crippen molar-refractivity contribution in [3.63, 3.8) is 0 Å². The van der Waals surface area contributed by atoms with Crippen molar-refractivity contribution in [2.75, 3.05) is 0 Å². The van der Waals surface area contributed by atoms with Gasteiger partial charge in [-0.1, -0.05) is 164 Å². The van der Waals surface area contributed by atoms with Gasteiger partial charge in [-0.2, -0.15) is 0 Å². The Morgan fingerprint density at radius 3 is 1.53 bits per heavy atom. The van der Waals surface area contributed by atoms with Crippen LogP contribution in [0.5, 0.6) is 0 Å². The zero-order valence-electron chi connectivity index (χ0n) is 35.6. The molecule has 0 saturated carbocycles. The molecule has 0 aliphatic rings. The number of aromatic nitrogens is 5. The second-order valence-electron chi connectivity index (χ2n) is 17.2. The normalized spacial score (nSPS) is 11.9. The Hall–Kier alpha value is -8.93. The molecule has 0 unspecified atom stereocenters. The highest BCUT2D eigenvalue weighted by molar-refractivity contribution is 6.25. The first kappa shape index (κ1) is 36.5. The van der Waals surface area contributed by atoms with Crippen molar-refractivity contribution < 1.29 is 0 Å². The van der Waals surface area contributed by atoms with Crippen LogP contribution >= 0.6 is 0 Å². The van der Waals surface area contributed by atoms with E-state index in [1.807, 2.05) is 0 Å². The van der Waals surface area contributed by atoms with E-state index in [9.17, 15) is 0 Å². The molecule has 14 rings (SSSR count). The minimum absolute atomic E-state index is 0.627. The summed E-state index contributed by atoms with van der Waals surface area (Å²) in [6.07, 6.45) is 0. The van der Waals surface area contributed by atoms with Gasteiger partial charge in [0, 0.05) is 49.3 Å². The van der Waals surface area contributed by atoms with Gasteiger partial charge in [-0.3, -0.25) is 0 Å². The quantitative estimate of drug-likeness (QED) is 0.173. The second-order valence-corrected chi connectivity index (χ2v) is 17.2. The van der Waals surface area contributed by atoms with E-state index in [0.29, 0.717) is 17.5 Å². The Labute approximate surface area is 379 Å². The predicted molar refractivity (Wildman–Crippen MR) is 275 cm³/mol. The first-order chi connectivity index (χ1) is 32.7. The van der Waals surface area contributed by atoms with Crippen LogP contribution in [0.2, 0.25) is 0 Å². The number of fused-ring (bicyclic) bond motifs is 11. The zero-order valence-corrected chi connectivity index (χ0v) is 35.6. The van der Waals surface area contributed by atoms with E-state index in [2.05, 4.69) is 234 Å².